The lowest BCUT2D eigenvalue weighted by atomic mass is 10.1. The van der Waals surface area contributed by atoms with Crippen LogP contribution in [0.5, 0.6) is 0 Å². The molecule has 1 aromatic carbocycles. The molecule has 1 aromatic heterocycles. The van der Waals surface area contributed by atoms with Crippen LogP contribution in [-0.2, 0) is 6.54 Å². The number of halogens is 1. The van der Waals surface area contributed by atoms with Crippen molar-refractivity contribution in [3.05, 3.63) is 51.4 Å². The van der Waals surface area contributed by atoms with Crippen molar-refractivity contribution in [2.45, 2.75) is 12.6 Å². The van der Waals surface area contributed by atoms with E-state index < -0.39 is 6.10 Å². The number of nitrogens with one attached hydrogen (secondary N) is 2. The average Bonchev–Trinajstić information content (AvgIpc) is 2.96. The van der Waals surface area contributed by atoms with Gasteiger partial charge in [-0.15, -0.1) is 11.3 Å². The summed E-state index contributed by atoms with van der Waals surface area (Å²) in [4.78, 5) is 15.6. The van der Waals surface area contributed by atoms with Gasteiger partial charge >= 0.3 is 6.03 Å². The molecule has 0 radical (unpaired) electrons. The maximum Gasteiger partial charge on any atom is 0.315 e. The first-order valence-electron chi connectivity index (χ1n) is 5.98. The van der Waals surface area contributed by atoms with Crippen molar-refractivity contribution < 1.29 is 9.90 Å². The van der Waals surface area contributed by atoms with E-state index in [1.165, 1.54) is 11.3 Å². The van der Waals surface area contributed by atoms with Crippen molar-refractivity contribution in [3.8, 4) is 0 Å². The molecule has 0 saturated heterocycles. The van der Waals surface area contributed by atoms with Crippen molar-refractivity contribution in [1.82, 2.24) is 15.6 Å². The predicted octanol–water partition coefficient (Wildman–Crippen LogP) is 2.33. The minimum absolute atomic E-state index is 0.0899. The van der Waals surface area contributed by atoms with E-state index in [0.717, 1.165) is 5.69 Å². The van der Waals surface area contributed by atoms with Gasteiger partial charge in [-0.25, -0.2) is 9.78 Å². The highest BCUT2D eigenvalue weighted by atomic mass is 35.5. The number of amides is 2. The highest BCUT2D eigenvalue weighted by molar-refractivity contribution is 7.07. The van der Waals surface area contributed by atoms with Gasteiger partial charge in [0.05, 0.1) is 23.9 Å². The van der Waals surface area contributed by atoms with E-state index in [1.807, 2.05) is 5.38 Å². The first-order valence-corrected chi connectivity index (χ1v) is 7.30. The molecular weight excluding hydrogens is 298 g/mol. The minimum Gasteiger partial charge on any atom is -0.387 e. The molecule has 0 aliphatic rings. The third-order valence-corrected chi connectivity index (χ3v) is 3.61. The first-order chi connectivity index (χ1) is 9.66. The van der Waals surface area contributed by atoms with Crippen LogP contribution in [0.4, 0.5) is 4.79 Å². The molecule has 2 aromatic rings. The fraction of sp³-hybridized carbons (Fsp3) is 0.231. The lowest BCUT2D eigenvalue weighted by Gasteiger charge is -2.13. The number of rotatable bonds is 5. The molecular formula is C13H14ClN3O2S. The molecule has 1 unspecified atom stereocenters. The molecule has 0 spiro atoms. The highest BCUT2D eigenvalue weighted by Gasteiger charge is 2.12. The van der Waals surface area contributed by atoms with Crippen LogP contribution >= 0.6 is 22.9 Å². The van der Waals surface area contributed by atoms with Gasteiger partial charge in [0, 0.05) is 22.5 Å². The van der Waals surface area contributed by atoms with Crippen LogP contribution in [0.15, 0.2) is 35.2 Å². The van der Waals surface area contributed by atoms with Crippen LogP contribution in [0.2, 0.25) is 5.02 Å². The third-order valence-electron chi connectivity index (χ3n) is 2.63. The van der Waals surface area contributed by atoms with Crippen molar-refractivity contribution >= 4 is 29.0 Å². The normalized spacial score (nSPS) is 11.9. The van der Waals surface area contributed by atoms with E-state index in [-0.39, 0.29) is 12.6 Å². The summed E-state index contributed by atoms with van der Waals surface area (Å²) in [5.41, 5.74) is 3.10. The van der Waals surface area contributed by atoms with Gasteiger partial charge in [-0.1, -0.05) is 29.8 Å². The second-order valence-electron chi connectivity index (χ2n) is 4.08. The predicted molar refractivity (Wildman–Crippen MR) is 78.8 cm³/mol. The average molecular weight is 312 g/mol. The van der Waals surface area contributed by atoms with Gasteiger partial charge in [-0.3, -0.25) is 0 Å². The standard InChI is InChI=1S/C13H14ClN3O2S/c14-11-4-2-1-3-10(11)12(18)6-16-13(19)15-5-9-7-20-8-17-9/h1-4,7-8,12,18H,5-6H2,(H2,15,16,19). The number of aliphatic hydroxyl groups is 1. The molecule has 5 nitrogen and oxygen atoms in total. The molecule has 2 amide bonds. The van der Waals surface area contributed by atoms with Crippen molar-refractivity contribution in [2.24, 2.45) is 0 Å². The Kier molecular flexibility index (Phi) is 5.34. The summed E-state index contributed by atoms with van der Waals surface area (Å²) >= 11 is 7.44. The molecule has 3 N–H and O–H groups in total. The topological polar surface area (TPSA) is 74.2 Å². The van der Waals surface area contributed by atoms with Gasteiger partial charge in [0.15, 0.2) is 0 Å². The number of carbonyl (C=O) groups is 1. The summed E-state index contributed by atoms with van der Waals surface area (Å²) in [6, 6.07) is 6.63. The molecule has 1 heterocycles. The molecule has 0 aliphatic carbocycles. The van der Waals surface area contributed by atoms with Gasteiger partial charge in [0.25, 0.3) is 0 Å². The number of nitrogens with zero attached hydrogens (tertiary/aromatic N) is 1. The molecule has 0 saturated carbocycles. The van der Waals surface area contributed by atoms with Crippen molar-refractivity contribution in [3.63, 3.8) is 0 Å². The molecule has 106 valence electrons. The SMILES string of the molecule is O=C(NCc1cscn1)NCC(O)c1ccccc1Cl. The largest absolute Gasteiger partial charge is 0.387 e. The van der Waals surface area contributed by atoms with E-state index >= 15 is 0 Å². The lowest BCUT2D eigenvalue weighted by Crippen LogP contribution is -2.37. The summed E-state index contributed by atoms with van der Waals surface area (Å²) in [5.74, 6) is 0. The Bertz CT molecular complexity index is 563. The molecule has 7 heteroatoms. The molecule has 1 atom stereocenters. The summed E-state index contributed by atoms with van der Waals surface area (Å²) < 4.78 is 0. The van der Waals surface area contributed by atoms with Gasteiger partial charge in [-0.2, -0.15) is 0 Å². The van der Waals surface area contributed by atoms with Crippen LogP contribution in [-0.4, -0.2) is 22.7 Å². The van der Waals surface area contributed by atoms with Crippen molar-refractivity contribution in [2.75, 3.05) is 6.54 Å². The Balaban J connectivity index is 1.77. The molecule has 0 bridgehead atoms. The van der Waals surface area contributed by atoms with Crippen LogP contribution in [0.1, 0.15) is 17.4 Å². The summed E-state index contributed by atoms with van der Waals surface area (Å²) in [6.07, 6.45) is -0.839. The number of benzene rings is 1. The lowest BCUT2D eigenvalue weighted by molar-refractivity contribution is 0.173. The quantitative estimate of drug-likeness (QED) is 0.793. The van der Waals surface area contributed by atoms with Gasteiger partial charge in [0.1, 0.15) is 0 Å². The Morgan fingerprint density at radius 1 is 1.40 bits per heavy atom. The second-order valence-corrected chi connectivity index (χ2v) is 5.21. The zero-order chi connectivity index (χ0) is 14.4. The summed E-state index contributed by atoms with van der Waals surface area (Å²) in [5, 5.41) is 17.5. The van der Waals surface area contributed by atoms with Crippen LogP contribution in [0.3, 0.4) is 0 Å². The Morgan fingerprint density at radius 2 is 2.20 bits per heavy atom. The zero-order valence-electron chi connectivity index (χ0n) is 10.5. The van der Waals surface area contributed by atoms with Crippen LogP contribution in [0.25, 0.3) is 0 Å². The fourth-order valence-electron chi connectivity index (χ4n) is 1.60. The highest BCUT2D eigenvalue weighted by Crippen LogP contribution is 2.21. The zero-order valence-corrected chi connectivity index (χ0v) is 12.1. The number of urea groups is 1. The van der Waals surface area contributed by atoms with Gasteiger partial charge in [-0.05, 0) is 6.07 Å². The third kappa shape index (κ3) is 4.19. The van der Waals surface area contributed by atoms with E-state index in [1.54, 1.807) is 29.8 Å². The van der Waals surface area contributed by atoms with E-state index in [2.05, 4.69) is 15.6 Å². The van der Waals surface area contributed by atoms with Gasteiger partial charge < -0.3 is 15.7 Å². The van der Waals surface area contributed by atoms with E-state index in [0.29, 0.717) is 17.1 Å². The Labute approximate surface area is 125 Å². The Morgan fingerprint density at radius 3 is 2.90 bits per heavy atom. The number of aromatic nitrogens is 1. The second kappa shape index (κ2) is 7.23. The number of carbonyl (C=O) groups excluding carboxylic acids is 1. The number of hydrogen-bond acceptors (Lipinski definition) is 4. The monoisotopic (exact) mass is 311 g/mol. The number of hydrogen-bond donors (Lipinski definition) is 3. The first kappa shape index (κ1) is 14.8. The number of aliphatic hydroxyl groups excluding tert-OH is 1. The smallest absolute Gasteiger partial charge is 0.315 e. The number of thiazole rings is 1. The van der Waals surface area contributed by atoms with E-state index in [9.17, 15) is 9.90 Å². The van der Waals surface area contributed by atoms with Crippen LogP contribution < -0.4 is 10.6 Å². The maximum atomic E-state index is 11.6. The Hall–Kier alpha value is -1.63. The summed E-state index contributed by atoms with van der Waals surface area (Å²) in [7, 11) is 0. The molecule has 20 heavy (non-hydrogen) atoms. The summed E-state index contributed by atoms with van der Waals surface area (Å²) in [6.45, 7) is 0.449. The molecule has 0 fully saturated rings. The van der Waals surface area contributed by atoms with Crippen molar-refractivity contribution in [1.29, 1.82) is 0 Å². The van der Waals surface area contributed by atoms with Gasteiger partial charge in [0.2, 0.25) is 0 Å². The maximum absolute atomic E-state index is 11.6. The fourth-order valence-corrected chi connectivity index (χ4v) is 2.42. The molecule has 0 aliphatic heterocycles. The minimum atomic E-state index is -0.839. The van der Waals surface area contributed by atoms with Crippen LogP contribution in [0, 0.1) is 0 Å². The van der Waals surface area contributed by atoms with E-state index in [4.69, 9.17) is 11.6 Å². The molecule has 2 rings (SSSR count).